The van der Waals surface area contributed by atoms with Gasteiger partial charge in [-0.05, 0) is 35.7 Å². The number of hydrogen-bond acceptors (Lipinski definition) is 3. The monoisotopic (exact) mass is 513 g/mol. The van der Waals surface area contributed by atoms with Gasteiger partial charge in [-0.3, -0.25) is 4.99 Å². The highest BCUT2D eigenvalue weighted by atomic mass is 127. The minimum absolute atomic E-state index is 0. The van der Waals surface area contributed by atoms with Crippen molar-refractivity contribution in [3.05, 3.63) is 71.0 Å². The summed E-state index contributed by atoms with van der Waals surface area (Å²) in [6, 6.07) is 14.7. The molecule has 0 saturated carbocycles. The van der Waals surface area contributed by atoms with Crippen molar-refractivity contribution in [1.29, 1.82) is 0 Å². The number of hydrogen-bond donors (Lipinski definition) is 1. The highest BCUT2D eigenvalue weighted by molar-refractivity contribution is 14.0. The van der Waals surface area contributed by atoms with E-state index in [1.54, 1.807) is 26.3 Å². The van der Waals surface area contributed by atoms with E-state index in [1.807, 2.05) is 19.1 Å². The molecule has 7 heteroatoms. The van der Waals surface area contributed by atoms with Gasteiger partial charge in [0, 0.05) is 27.2 Å². The number of rotatable bonds is 5. The topological polar surface area (TPSA) is 46.1 Å². The van der Waals surface area contributed by atoms with Gasteiger partial charge in [0.25, 0.3) is 0 Å². The lowest BCUT2D eigenvalue weighted by atomic mass is 10.1. The van der Waals surface area contributed by atoms with Crippen molar-refractivity contribution < 1.29 is 13.9 Å². The first-order chi connectivity index (χ1) is 13.6. The first-order valence-corrected chi connectivity index (χ1v) is 9.53. The van der Waals surface area contributed by atoms with Crippen LogP contribution in [0, 0.1) is 5.82 Å². The van der Waals surface area contributed by atoms with Crippen LogP contribution in [-0.2, 0) is 22.6 Å². The maximum Gasteiger partial charge on any atom is 0.194 e. The van der Waals surface area contributed by atoms with Crippen molar-refractivity contribution in [2.45, 2.75) is 32.3 Å². The lowest BCUT2D eigenvalue weighted by Crippen LogP contribution is -2.50. The van der Waals surface area contributed by atoms with Crippen molar-refractivity contribution in [1.82, 2.24) is 10.2 Å². The Bertz CT molecular complexity index is 801. The summed E-state index contributed by atoms with van der Waals surface area (Å²) < 4.78 is 24.6. The Balaban J connectivity index is 0.00000300. The predicted molar refractivity (Wildman–Crippen MR) is 124 cm³/mol. The van der Waals surface area contributed by atoms with Crippen LogP contribution in [-0.4, -0.2) is 44.2 Å². The first-order valence-electron chi connectivity index (χ1n) is 9.53. The van der Waals surface area contributed by atoms with E-state index in [-0.39, 0.29) is 42.0 Å². The van der Waals surface area contributed by atoms with Gasteiger partial charge < -0.3 is 19.7 Å². The van der Waals surface area contributed by atoms with Gasteiger partial charge in [0.1, 0.15) is 11.9 Å². The Hall–Kier alpha value is -1.71. The zero-order chi connectivity index (χ0) is 19.9. The number of benzene rings is 2. The van der Waals surface area contributed by atoms with Gasteiger partial charge in [-0.2, -0.15) is 0 Å². The Kier molecular flexibility index (Phi) is 9.32. The van der Waals surface area contributed by atoms with Crippen LogP contribution in [0.2, 0.25) is 0 Å². The average Bonchev–Trinajstić information content (AvgIpc) is 2.70. The number of guanidine groups is 1. The van der Waals surface area contributed by atoms with E-state index in [2.05, 4.69) is 27.3 Å². The van der Waals surface area contributed by atoms with E-state index >= 15 is 0 Å². The lowest BCUT2D eigenvalue weighted by molar-refractivity contribution is -0.0605. The molecule has 0 aromatic heterocycles. The average molecular weight is 513 g/mol. The van der Waals surface area contributed by atoms with E-state index in [0.717, 1.165) is 23.6 Å². The molecule has 3 rings (SSSR count). The molecule has 2 aromatic carbocycles. The minimum atomic E-state index is -0.239. The molecule has 2 aromatic rings. The molecule has 1 heterocycles. The van der Waals surface area contributed by atoms with Crippen molar-refractivity contribution in [2.24, 2.45) is 4.99 Å². The molecule has 1 fully saturated rings. The highest BCUT2D eigenvalue weighted by Crippen LogP contribution is 2.25. The van der Waals surface area contributed by atoms with Gasteiger partial charge in [-0.1, -0.05) is 36.4 Å². The van der Waals surface area contributed by atoms with Gasteiger partial charge in [0.2, 0.25) is 0 Å². The molecular weight excluding hydrogens is 484 g/mol. The Morgan fingerprint density at radius 2 is 1.86 bits per heavy atom. The van der Waals surface area contributed by atoms with Crippen molar-refractivity contribution in [3.8, 4) is 0 Å². The standard InChI is InChI=1S/C22H28FN3O2.HI/c1-16-13-26(14-21(28-16)17-8-10-20(23)11-9-17)22(24-2)25-12-18-6-4-5-7-19(18)15-27-3;/h4-11,16,21H,12-15H2,1-3H3,(H,24,25);1H. The van der Waals surface area contributed by atoms with Crippen LogP contribution in [0.3, 0.4) is 0 Å². The number of nitrogens with one attached hydrogen (secondary N) is 1. The minimum Gasteiger partial charge on any atom is -0.380 e. The summed E-state index contributed by atoms with van der Waals surface area (Å²) in [5.74, 6) is 0.589. The molecular formula is C22H29FIN3O2. The molecule has 1 aliphatic rings. The van der Waals surface area contributed by atoms with Crippen LogP contribution in [0.15, 0.2) is 53.5 Å². The van der Waals surface area contributed by atoms with Crippen LogP contribution in [0.1, 0.15) is 29.7 Å². The molecule has 29 heavy (non-hydrogen) atoms. The summed E-state index contributed by atoms with van der Waals surface area (Å²) in [5, 5.41) is 3.46. The second-order valence-electron chi connectivity index (χ2n) is 6.99. The zero-order valence-electron chi connectivity index (χ0n) is 17.1. The molecule has 5 nitrogen and oxygen atoms in total. The molecule has 2 unspecified atom stereocenters. The molecule has 0 spiro atoms. The number of nitrogens with zero attached hydrogens (tertiary/aromatic N) is 2. The molecule has 158 valence electrons. The molecule has 0 radical (unpaired) electrons. The fourth-order valence-electron chi connectivity index (χ4n) is 3.52. The van der Waals surface area contributed by atoms with Crippen LogP contribution in [0.5, 0.6) is 0 Å². The van der Waals surface area contributed by atoms with Crippen molar-refractivity contribution >= 4 is 29.9 Å². The van der Waals surface area contributed by atoms with E-state index in [1.165, 1.54) is 17.7 Å². The van der Waals surface area contributed by atoms with Gasteiger partial charge in [-0.15, -0.1) is 24.0 Å². The second-order valence-corrected chi connectivity index (χ2v) is 6.99. The number of ether oxygens (including phenoxy) is 2. The molecule has 1 N–H and O–H groups in total. The lowest BCUT2D eigenvalue weighted by Gasteiger charge is -2.38. The maximum atomic E-state index is 13.2. The first kappa shape index (κ1) is 23.6. The number of aliphatic imine (C=N–C) groups is 1. The van der Waals surface area contributed by atoms with Gasteiger partial charge in [-0.25, -0.2) is 4.39 Å². The molecule has 1 aliphatic heterocycles. The fourth-order valence-corrected chi connectivity index (χ4v) is 3.52. The maximum absolute atomic E-state index is 13.2. The normalized spacial score (nSPS) is 19.6. The molecule has 0 bridgehead atoms. The van der Waals surface area contributed by atoms with Gasteiger partial charge >= 0.3 is 0 Å². The van der Waals surface area contributed by atoms with E-state index in [9.17, 15) is 4.39 Å². The third kappa shape index (κ3) is 6.38. The second kappa shape index (κ2) is 11.5. The van der Waals surface area contributed by atoms with E-state index in [0.29, 0.717) is 19.7 Å². The summed E-state index contributed by atoms with van der Waals surface area (Å²) in [7, 11) is 3.49. The van der Waals surface area contributed by atoms with Crippen molar-refractivity contribution in [2.75, 3.05) is 27.2 Å². The Morgan fingerprint density at radius 3 is 2.52 bits per heavy atom. The Morgan fingerprint density at radius 1 is 1.17 bits per heavy atom. The SMILES string of the molecule is CN=C(NCc1ccccc1COC)N1CC(C)OC(c2ccc(F)cc2)C1.I. The third-order valence-electron chi connectivity index (χ3n) is 4.87. The third-order valence-corrected chi connectivity index (χ3v) is 4.87. The molecule has 2 atom stereocenters. The predicted octanol–water partition coefficient (Wildman–Crippen LogP) is 4.13. The fraction of sp³-hybridized carbons (Fsp3) is 0.409. The van der Waals surface area contributed by atoms with Crippen LogP contribution in [0.25, 0.3) is 0 Å². The highest BCUT2D eigenvalue weighted by Gasteiger charge is 2.28. The van der Waals surface area contributed by atoms with Gasteiger partial charge in [0.15, 0.2) is 5.96 Å². The molecule has 0 aliphatic carbocycles. The molecule has 1 saturated heterocycles. The van der Waals surface area contributed by atoms with Crippen LogP contribution < -0.4 is 5.32 Å². The summed E-state index contributed by atoms with van der Waals surface area (Å²) in [5.41, 5.74) is 3.31. The van der Waals surface area contributed by atoms with Crippen molar-refractivity contribution in [3.63, 3.8) is 0 Å². The summed E-state index contributed by atoms with van der Waals surface area (Å²) in [6.45, 7) is 4.70. The van der Waals surface area contributed by atoms with Crippen LogP contribution in [0.4, 0.5) is 4.39 Å². The van der Waals surface area contributed by atoms with Gasteiger partial charge in [0.05, 0.1) is 19.3 Å². The van der Waals surface area contributed by atoms with Crippen LogP contribution >= 0.6 is 24.0 Å². The quantitative estimate of drug-likeness (QED) is 0.371. The zero-order valence-corrected chi connectivity index (χ0v) is 19.4. The summed E-state index contributed by atoms with van der Waals surface area (Å²) in [6.07, 6.45) is -0.0770. The number of halogens is 2. The smallest absolute Gasteiger partial charge is 0.194 e. The van der Waals surface area contributed by atoms with E-state index < -0.39 is 0 Å². The number of morpholine rings is 1. The molecule has 0 amide bonds. The summed E-state index contributed by atoms with van der Waals surface area (Å²) in [4.78, 5) is 6.66. The Labute approximate surface area is 189 Å². The largest absolute Gasteiger partial charge is 0.380 e. The number of methoxy groups -OCH3 is 1. The van der Waals surface area contributed by atoms with E-state index in [4.69, 9.17) is 9.47 Å². The summed E-state index contributed by atoms with van der Waals surface area (Å²) >= 11 is 0.